The number of rotatable bonds is 6. The number of carbonyl (C=O) groups is 2. The molecule has 1 unspecified atom stereocenters. The molecule has 1 aliphatic rings. The van der Waals surface area contributed by atoms with Crippen LogP contribution in [0.1, 0.15) is 24.8 Å². The first-order chi connectivity index (χ1) is 10.6. The van der Waals surface area contributed by atoms with Crippen LogP contribution < -0.4 is 10.6 Å². The first-order valence-electron chi connectivity index (χ1n) is 7.56. The maximum atomic E-state index is 12.1. The van der Waals surface area contributed by atoms with Crippen molar-refractivity contribution in [2.24, 2.45) is 0 Å². The molecule has 0 saturated carbocycles. The molecule has 0 spiro atoms. The van der Waals surface area contributed by atoms with Crippen LogP contribution in [0.3, 0.4) is 0 Å². The number of halogens is 1. The minimum Gasteiger partial charge on any atom is -0.354 e. The third-order valence-electron chi connectivity index (χ3n) is 3.81. The summed E-state index contributed by atoms with van der Waals surface area (Å²) in [6.45, 7) is 1.83. The molecule has 120 valence electrons. The van der Waals surface area contributed by atoms with Gasteiger partial charge in [-0.2, -0.15) is 0 Å². The Morgan fingerprint density at radius 2 is 2.18 bits per heavy atom. The SMILES string of the molecule is CN(Cc1ccccc1Br)C(=O)CCNC(=O)C1CCCN1. The Morgan fingerprint density at radius 1 is 1.41 bits per heavy atom. The summed E-state index contributed by atoms with van der Waals surface area (Å²) in [4.78, 5) is 25.6. The fraction of sp³-hybridized carbons (Fsp3) is 0.500. The zero-order valence-corrected chi connectivity index (χ0v) is 14.4. The molecule has 2 amide bonds. The van der Waals surface area contributed by atoms with E-state index in [0.717, 1.165) is 29.4 Å². The summed E-state index contributed by atoms with van der Waals surface area (Å²) in [6.07, 6.45) is 2.23. The Labute approximate surface area is 139 Å². The van der Waals surface area contributed by atoms with Gasteiger partial charge in [-0.05, 0) is 31.0 Å². The first-order valence-corrected chi connectivity index (χ1v) is 8.35. The minimum atomic E-state index is -0.0897. The average molecular weight is 368 g/mol. The quantitative estimate of drug-likeness (QED) is 0.803. The van der Waals surface area contributed by atoms with E-state index in [0.29, 0.717) is 19.5 Å². The number of hydrogen-bond acceptors (Lipinski definition) is 3. The lowest BCUT2D eigenvalue weighted by Gasteiger charge is -2.18. The van der Waals surface area contributed by atoms with Gasteiger partial charge < -0.3 is 15.5 Å². The van der Waals surface area contributed by atoms with Crippen molar-refractivity contribution in [1.29, 1.82) is 0 Å². The fourth-order valence-electron chi connectivity index (χ4n) is 2.49. The van der Waals surface area contributed by atoms with Crippen molar-refractivity contribution >= 4 is 27.7 Å². The molecule has 1 heterocycles. The Bertz CT molecular complexity index is 530. The zero-order valence-electron chi connectivity index (χ0n) is 12.8. The smallest absolute Gasteiger partial charge is 0.237 e. The molecule has 0 bridgehead atoms. The predicted octanol–water partition coefficient (Wildman–Crippen LogP) is 1.67. The Morgan fingerprint density at radius 3 is 2.86 bits per heavy atom. The molecule has 1 atom stereocenters. The van der Waals surface area contributed by atoms with Gasteiger partial charge in [0.1, 0.15) is 0 Å². The topological polar surface area (TPSA) is 61.4 Å². The Kier molecular flexibility index (Phi) is 6.39. The van der Waals surface area contributed by atoms with Gasteiger partial charge in [0, 0.05) is 31.0 Å². The minimum absolute atomic E-state index is 0.00115. The molecule has 1 fully saturated rings. The van der Waals surface area contributed by atoms with Crippen molar-refractivity contribution in [2.45, 2.75) is 31.8 Å². The van der Waals surface area contributed by atoms with Gasteiger partial charge in [-0.25, -0.2) is 0 Å². The molecule has 0 aliphatic carbocycles. The molecular formula is C16H22BrN3O2. The molecule has 1 aromatic rings. The molecule has 2 rings (SSSR count). The summed E-state index contributed by atoms with van der Waals surface area (Å²) in [5.74, 6) is 0.0224. The lowest BCUT2D eigenvalue weighted by Crippen LogP contribution is -2.41. The molecular weight excluding hydrogens is 346 g/mol. The highest BCUT2D eigenvalue weighted by molar-refractivity contribution is 9.10. The molecule has 6 heteroatoms. The van der Waals surface area contributed by atoms with Crippen LogP contribution in [-0.4, -0.2) is 42.9 Å². The van der Waals surface area contributed by atoms with Crippen molar-refractivity contribution in [3.63, 3.8) is 0 Å². The van der Waals surface area contributed by atoms with Crippen LogP contribution in [0.5, 0.6) is 0 Å². The molecule has 1 aliphatic heterocycles. The van der Waals surface area contributed by atoms with E-state index in [9.17, 15) is 9.59 Å². The normalized spacial score (nSPS) is 17.3. The number of carbonyl (C=O) groups excluding carboxylic acids is 2. The maximum absolute atomic E-state index is 12.1. The van der Waals surface area contributed by atoms with E-state index < -0.39 is 0 Å². The van der Waals surface area contributed by atoms with E-state index in [4.69, 9.17) is 0 Å². The summed E-state index contributed by atoms with van der Waals surface area (Å²) >= 11 is 3.48. The van der Waals surface area contributed by atoms with Crippen molar-refractivity contribution in [1.82, 2.24) is 15.5 Å². The number of benzene rings is 1. The highest BCUT2D eigenvalue weighted by Gasteiger charge is 2.21. The van der Waals surface area contributed by atoms with Gasteiger partial charge in [0.25, 0.3) is 0 Å². The van der Waals surface area contributed by atoms with E-state index in [1.807, 2.05) is 24.3 Å². The van der Waals surface area contributed by atoms with Crippen molar-refractivity contribution in [3.8, 4) is 0 Å². The summed E-state index contributed by atoms with van der Waals surface area (Å²) < 4.78 is 0.996. The molecule has 1 aromatic carbocycles. The van der Waals surface area contributed by atoms with Gasteiger partial charge in [0.05, 0.1) is 6.04 Å². The summed E-state index contributed by atoms with van der Waals surface area (Å²) in [6, 6.07) is 7.76. The van der Waals surface area contributed by atoms with E-state index in [-0.39, 0.29) is 17.9 Å². The fourth-order valence-corrected chi connectivity index (χ4v) is 2.90. The number of nitrogens with one attached hydrogen (secondary N) is 2. The molecule has 0 radical (unpaired) electrons. The second kappa shape index (κ2) is 8.29. The third kappa shape index (κ3) is 4.81. The molecule has 22 heavy (non-hydrogen) atoms. The van der Waals surface area contributed by atoms with Crippen LogP contribution in [0.15, 0.2) is 28.7 Å². The van der Waals surface area contributed by atoms with E-state index in [2.05, 4.69) is 26.6 Å². The molecule has 2 N–H and O–H groups in total. The van der Waals surface area contributed by atoms with Crippen LogP contribution in [-0.2, 0) is 16.1 Å². The van der Waals surface area contributed by atoms with Crippen LogP contribution >= 0.6 is 15.9 Å². The highest BCUT2D eigenvalue weighted by atomic mass is 79.9. The van der Waals surface area contributed by atoms with E-state index >= 15 is 0 Å². The highest BCUT2D eigenvalue weighted by Crippen LogP contribution is 2.17. The van der Waals surface area contributed by atoms with Crippen molar-refractivity contribution in [3.05, 3.63) is 34.3 Å². The molecule has 1 saturated heterocycles. The molecule has 5 nitrogen and oxygen atoms in total. The Balaban J connectivity index is 1.72. The van der Waals surface area contributed by atoms with Gasteiger partial charge in [0.15, 0.2) is 0 Å². The largest absolute Gasteiger partial charge is 0.354 e. The summed E-state index contributed by atoms with van der Waals surface area (Å²) in [7, 11) is 1.78. The van der Waals surface area contributed by atoms with Gasteiger partial charge in [-0.15, -0.1) is 0 Å². The number of hydrogen-bond donors (Lipinski definition) is 2. The summed E-state index contributed by atoms with van der Waals surface area (Å²) in [5, 5.41) is 5.97. The van der Waals surface area contributed by atoms with Gasteiger partial charge in [0.2, 0.25) is 11.8 Å². The second-order valence-electron chi connectivity index (χ2n) is 5.53. The zero-order chi connectivity index (χ0) is 15.9. The molecule has 0 aromatic heterocycles. The Hall–Kier alpha value is -1.40. The standard InChI is InChI=1S/C16H22BrN3O2/c1-20(11-12-5-2-3-6-13(12)17)15(21)8-10-19-16(22)14-7-4-9-18-14/h2-3,5-6,14,18H,4,7-11H2,1H3,(H,19,22). The average Bonchev–Trinajstić information content (AvgIpc) is 3.03. The van der Waals surface area contributed by atoms with Gasteiger partial charge in [-0.1, -0.05) is 34.1 Å². The van der Waals surface area contributed by atoms with Crippen LogP contribution in [0.25, 0.3) is 0 Å². The number of nitrogens with zero attached hydrogens (tertiary/aromatic N) is 1. The van der Waals surface area contributed by atoms with Crippen LogP contribution in [0, 0.1) is 0 Å². The van der Waals surface area contributed by atoms with Gasteiger partial charge in [-0.3, -0.25) is 9.59 Å². The van der Waals surface area contributed by atoms with E-state index in [1.54, 1.807) is 11.9 Å². The van der Waals surface area contributed by atoms with E-state index in [1.165, 1.54) is 0 Å². The summed E-state index contributed by atoms with van der Waals surface area (Å²) in [5.41, 5.74) is 1.07. The monoisotopic (exact) mass is 367 g/mol. The van der Waals surface area contributed by atoms with Crippen molar-refractivity contribution < 1.29 is 9.59 Å². The van der Waals surface area contributed by atoms with Crippen molar-refractivity contribution in [2.75, 3.05) is 20.1 Å². The lowest BCUT2D eigenvalue weighted by molar-refractivity contribution is -0.130. The maximum Gasteiger partial charge on any atom is 0.237 e. The first kappa shape index (κ1) is 17.0. The third-order valence-corrected chi connectivity index (χ3v) is 4.58. The van der Waals surface area contributed by atoms with Gasteiger partial charge >= 0.3 is 0 Å². The second-order valence-corrected chi connectivity index (χ2v) is 6.39. The lowest BCUT2D eigenvalue weighted by atomic mass is 10.2. The number of amides is 2. The predicted molar refractivity (Wildman–Crippen MR) is 89.3 cm³/mol. The van der Waals surface area contributed by atoms with Crippen LogP contribution in [0.2, 0.25) is 0 Å². The van der Waals surface area contributed by atoms with Crippen LogP contribution in [0.4, 0.5) is 0 Å².